The fourth-order valence-corrected chi connectivity index (χ4v) is 2.06. The molecule has 0 aliphatic carbocycles. The van der Waals surface area contributed by atoms with Gasteiger partial charge in [0, 0.05) is 5.56 Å². The first-order valence-corrected chi connectivity index (χ1v) is 7.38. The van der Waals surface area contributed by atoms with Crippen molar-refractivity contribution in [3.63, 3.8) is 0 Å². The van der Waals surface area contributed by atoms with Crippen molar-refractivity contribution in [3.8, 4) is 11.5 Å². The van der Waals surface area contributed by atoms with Gasteiger partial charge in [-0.05, 0) is 37.8 Å². The Kier molecular flexibility index (Phi) is 6.65. The van der Waals surface area contributed by atoms with Crippen LogP contribution in [0.1, 0.15) is 31.1 Å². The largest absolute Gasteiger partial charge is 0.490 e. The molecule has 0 spiro atoms. The molecular formula is C14H20O3S. The lowest BCUT2D eigenvalue weighted by atomic mass is 10.1. The van der Waals surface area contributed by atoms with Gasteiger partial charge in [0.05, 0.1) is 19.0 Å². The van der Waals surface area contributed by atoms with E-state index in [0.29, 0.717) is 36.0 Å². The van der Waals surface area contributed by atoms with E-state index in [1.165, 1.54) is 0 Å². The van der Waals surface area contributed by atoms with Crippen LogP contribution in [-0.2, 0) is 0 Å². The summed E-state index contributed by atoms with van der Waals surface area (Å²) >= 11 is 1.62. The number of benzene rings is 1. The lowest BCUT2D eigenvalue weighted by molar-refractivity contribution is 0.102. The number of thioether (sulfide) groups is 1. The molecule has 0 radical (unpaired) electrons. The van der Waals surface area contributed by atoms with Crippen LogP contribution in [0.3, 0.4) is 0 Å². The van der Waals surface area contributed by atoms with E-state index < -0.39 is 0 Å². The van der Waals surface area contributed by atoms with Gasteiger partial charge in [-0.15, -0.1) is 0 Å². The Bertz CT molecular complexity index is 391. The van der Waals surface area contributed by atoms with E-state index >= 15 is 0 Å². The predicted molar refractivity (Wildman–Crippen MR) is 76.1 cm³/mol. The number of hydrogen-bond donors (Lipinski definition) is 0. The van der Waals surface area contributed by atoms with Crippen LogP contribution in [0, 0.1) is 0 Å². The topological polar surface area (TPSA) is 35.5 Å². The SMILES string of the molecule is CCOc1ccc(C(=O)CSCC)cc1OCC. The Morgan fingerprint density at radius 2 is 1.78 bits per heavy atom. The monoisotopic (exact) mass is 268 g/mol. The standard InChI is InChI=1S/C14H20O3S/c1-4-16-13-8-7-11(9-14(13)17-5-2)12(15)10-18-6-3/h7-9H,4-6,10H2,1-3H3. The van der Waals surface area contributed by atoms with Crippen molar-refractivity contribution in [1.82, 2.24) is 0 Å². The molecule has 4 heteroatoms. The van der Waals surface area contributed by atoms with Crippen LogP contribution in [0.2, 0.25) is 0 Å². The fraction of sp³-hybridized carbons (Fsp3) is 0.500. The zero-order valence-corrected chi connectivity index (χ0v) is 12.0. The molecule has 1 aromatic carbocycles. The van der Waals surface area contributed by atoms with Gasteiger partial charge >= 0.3 is 0 Å². The fourth-order valence-electron chi connectivity index (χ4n) is 1.50. The van der Waals surface area contributed by atoms with E-state index in [-0.39, 0.29) is 5.78 Å². The third-order valence-corrected chi connectivity index (χ3v) is 3.18. The van der Waals surface area contributed by atoms with Gasteiger partial charge < -0.3 is 9.47 Å². The lowest BCUT2D eigenvalue weighted by Gasteiger charge is -2.11. The van der Waals surface area contributed by atoms with E-state index in [4.69, 9.17) is 9.47 Å². The lowest BCUT2D eigenvalue weighted by Crippen LogP contribution is -2.05. The van der Waals surface area contributed by atoms with E-state index in [0.717, 1.165) is 5.75 Å². The molecule has 0 aliphatic heterocycles. The third kappa shape index (κ3) is 4.26. The maximum atomic E-state index is 11.9. The van der Waals surface area contributed by atoms with Crippen molar-refractivity contribution in [2.24, 2.45) is 0 Å². The minimum Gasteiger partial charge on any atom is -0.490 e. The minimum absolute atomic E-state index is 0.130. The molecule has 1 aromatic rings. The van der Waals surface area contributed by atoms with Gasteiger partial charge in [-0.3, -0.25) is 4.79 Å². The van der Waals surface area contributed by atoms with Crippen LogP contribution in [-0.4, -0.2) is 30.5 Å². The molecule has 0 aliphatic rings. The van der Waals surface area contributed by atoms with Gasteiger partial charge in [-0.25, -0.2) is 0 Å². The summed E-state index contributed by atoms with van der Waals surface area (Å²) in [6, 6.07) is 5.37. The molecule has 18 heavy (non-hydrogen) atoms. The predicted octanol–water partition coefficient (Wildman–Crippen LogP) is 3.42. The third-order valence-electron chi connectivity index (χ3n) is 2.30. The Morgan fingerprint density at radius 1 is 1.11 bits per heavy atom. The summed E-state index contributed by atoms with van der Waals surface area (Å²) in [5.41, 5.74) is 0.683. The second-order valence-electron chi connectivity index (χ2n) is 3.59. The van der Waals surface area contributed by atoms with Crippen LogP contribution in [0.15, 0.2) is 18.2 Å². The number of ketones is 1. The molecule has 3 nitrogen and oxygen atoms in total. The van der Waals surface area contributed by atoms with Crippen molar-refractivity contribution < 1.29 is 14.3 Å². The number of carbonyl (C=O) groups excluding carboxylic acids is 1. The van der Waals surface area contributed by atoms with Crippen molar-refractivity contribution in [3.05, 3.63) is 23.8 Å². The highest BCUT2D eigenvalue weighted by Crippen LogP contribution is 2.29. The summed E-state index contributed by atoms with van der Waals surface area (Å²) in [5, 5.41) is 0. The van der Waals surface area contributed by atoms with E-state index in [2.05, 4.69) is 0 Å². The normalized spacial score (nSPS) is 10.2. The molecule has 0 bridgehead atoms. The smallest absolute Gasteiger partial charge is 0.172 e. The van der Waals surface area contributed by atoms with E-state index in [1.807, 2.05) is 20.8 Å². The Labute approximate surface area is 113 Å². The molecular weight excluding hydrogens is 248 g/mol. The first-order chi connectivity index (χ1) is 8.72. The molecule has 1 rings (SSSR count). The van der Waals surface area contributed by atoms with Crippen LogP contribution in [0.25, 0.3) is 0 Å². The first-order valence-electron chi connectivity index (χ1n) is 6.23. The highest BCUT2D eigenvalue weighted by atomic mass is 32.2. The highest BCUT2D eigenvalue weighted by molar-refractivity contribution is 7.99. The molecule has 0 amide bonds. The van der Waals surface area contributed by atoms with Crippen molar-refractivity contribution >= 4 is 17.5 Å². The zero-order chi connectivity index (χ0) is 13.4. The summed E-state index contributed by atoms with van der Waals surface area (Å²) in [6.45, 7) is 7.02. The minimum atomic E-state index is 0.130. The van der Waals surface area contributed by atoms with Gasteiger partial charge in [0.2, 0.25) is 0 Å². The summed E-state index contributed by atoms with van der Waals surface area (Å²) in [6.07, 6.45) is 0. The molecule has 0 atom stereocenters. The molecule has 0 aromatic heterocycles. The van der Waals surface area contributed by atoms with Crippen molar-refractivity contribution in [2.45, 2.75) is 20.8 Å². The van der Waals surface area contributed by atoms with E-state index in [1.54, 1.807) is 30.0 Å². The molecule has 0 fully saturated rings. The molecule has 100 valence electrons. The van der Waals surface area contributed by atoms with Crippen molar-refractivity contribution in [1.29, 1.82) is 0 Å². The average Bonchev–Trinajstić information content (AvgIpc) is 2.38. The molecule has 0 N–H and O–H groups in total. The summed E-state index contributed by atoms with van der Waals surface area (Å²) in [5.74, 6) is 2.92. The second kappa shape index (κ2) is 8.03. The number of Topliss-reactive ketones (excluding diaryl/α,β-unsaturated/α-hetero) is 1. The van der Waals surface area contributed by atoms with Crippen LogP contribution in [0.5, 0.6) is 11.5 Å². The maximum Gasteiger partial charge on any atom is 0.172 e. The van der Waals surface area contributed by atoms with Gasteiger partial charge in [-0.1, -0.05) is 6.92 Å². The Hall–Kier alpha value is -1.16. The second-order valence-corrected chi connectivity index (χ2v) is 4.86. The number of rotatable bonds is 8. The van der Waals surface area contributed by atoms with Gasteiger partial charge in [0.25, 0.3) is 0 Å². The van der Waals surface area contributed by atoms with Gasteiger partial charge in [-0.2, -0.15) is 11.8 Å². The quantitative estimate of drug-likeness (QED) is 0.677. The summed E-state index contributed by atoms with van der Waals surface area (Å²) in [4.78, 5) is 11.9. The maximum absolute atomic E-state index is 11.9. The van der Waals surface area contributed by atoms with Crippen LogP contribution >= 0.6 is 11.8 Å². The number of ether oxygens (including phenoxy) is 2. The van der Waals surface area contributed by atoms with Crippen LogP contribution < -0.4 is 9.47 Å². The summed E-state index contributed by atoms with van der Waals surface area (Å²) < 4.78 is 11.0. The zero-order valence-electron chi connectivity index (χ0n) is 11.2. The number of hydrogen-bond acceptors (Lipinski definition) is 4. The Balaban J connectivity index is 2.87. The summed E-state index contributed by atoms with van der Waals surface area (Å²) in [7, 11) is 0. The highest BCUT2D eigenvalue weighted by Gasteiger charge is 2.11. The van der Waals surface area contributed by atoms with Gasteiger partial charge in [0.15, 0.2) is 17.3 Å². The van der Waals surface area contributed by atoms with Gasteiger partial charge in [0.1, 0.15) is 0 Å². The molecule has 0 unspecified atom stereocenters. The van der Waals surface area contributed by atoms with E-state index in [9.17, 15) is 4.79 Å². The average molecular weight is 268 g/mol. The van der Waals surface area contributed by atoms with Crippen LogP contribution in [0.4, 0.5) is 0 Å². The molecule has 0 saturated carbocycles. The Morgan fingerprint density at radius 3 is 2.39 bits per heavy atom. The number of carbonyl (C=O) groups is 1. The van der Waals surface area contributed by atoms with Crippen molar-refractivity contribution in [2.75, 3.05) is 24.7 Å². The molecule has 0 heterocycles. The first kappa shape index (κ1) is 14.9. The molecule has 0 saturated heterocycles.